The summed E-state index contributed by atoms with van der Waals surface area (Å²) in [4.78, 5) is 26.3. The maximum absolute atomic E-state index is 13.4. The van der Waals surface area contributed by atoms with E-state index in [4.69, 9.17) is 18.6 Å². The van der Waals surface area contributed by atoms with Crippen LogP contribution >= 0.6 is 0 Å². The number of methoxy groups -OCH3 is 2. The maximum atomic E-state index is 13.4. The second kappa shape index (κ2) is 10.2. The number of esters is 1. The number of benzene rings is 3. The predicted octanol–water partition coefficient (Wildman–Crippen LogP) is 6.90. The van der Waals surface area contributed by atoms with Gasteiger partial charge in [-0.05, 0) is 46.6 Å². The topological polar surface area (TPSA) is 75.0 Å². The van der Waals surface area contributed by atoms with Gasteiger partial charge in [0.05, 0.1) is 19.6 Å². The van der Waals surface area contributed by atoms with Crippen LogP contribution in [-0.2, 0) is 10.2 Å². The lowest BCUT2D eigenvalue weighted by Crippen LogP contribution is -2.43. The molecule has 3 atom stereocenters. The summed E-state index contributed by atoms with van der Waals surface area (Å²) in [7, 11) is 3.03. The van der Waals surface area contributed by atoms with Gasteiger partial charge in [0.15, 0.2) is 0 Å². The summed E-state index contributed by atoms with van der Waals surface area (Å²) < 4.78 is 22.4. The molecule has 0 bridgehead atoms. The zero-order valence-corrected chi connectivity index (χ0v) is 22.6. The highest BCUT2D eigenvalue weighted by atomic mass is 16.5. The quantitative estimate of drug-likeness (QED) is 0.206. The third-order valence-corrected chi connectivity index (χ3v) is 8.20. The third kappa shape index (κ3) is 4.75. The van der Waals surface area contributed by atoms with E-state index in [1.165, 1.54) is 36.6 Å². The van der Waals surface area contributed by atoms with Crippen molar-refractivity contribution in [3.8, 4) is 11.5 Å². The van der Waals surface area contributed by atoms with Gasteiger partial charge in [-0.25, -0.2) is 9.59 Å². The van der Waals surface area contributed by atoms with Crippen LogP contribution < -0.4 is 15.1 Å². The van der Waals surface area contributed by atoms with Gasteiger partial charge in [0.25, 0.3) is 0 Å². The summed E-state index contributed by atoms with van der Waals surface area (Å²) in [6.07, 6.45) is 2.40. The Hall–Kier alpha value is -3.80. The van der Waals surface area contributed by atoms with Crippen molar-refractivity contribution in [1.82, 2.24) is 0 Å². The molecule has 0 unspecified atom stereocenters. The molecule has 1 aliphatic rings. The largest absolute Gasteiger partial charge is 0.496 e. The van der Waals surface area contributed by atoms with E-state index in [1.54, 1.807) is 12.1 Å². The Bertz CT molecular complexity index is 1550. The molecule has 1 aromatic heterocycles. The number of rotatable bonds is 6. The first-order valence-electron chi connectivity index (χ1n) is 13.1. The number of carbonyl (C=O) groups is 1. The van der Waals surface area contributed by atoms with Gasteiger partial charge in [-0.15, -0.1) is 0 Å². The van der Waals surface area contributed by atoms with Crippen molar-refractivity contribution in [2.75, 3.05) is 14.2 Å². The highest BCUT2D eigenvalue weighted by molar-refractivity contribution is 5.95. The van der Waals surface area contributed by atoms with E-state index in [1.807, 2.05) is 12.1 Å². The van der Waals surface area contributed by atoms with Crippen molar-refractivity contribution in [3.63, 3.8) is 0 Å². The van der Waals surface area contributed by atoms with Gasteiger partial charge in [-0.3, -0.25) is 0 Å². The average molecular weight is 515 g/mol. The number of fused-ring (bicyclic) bond motifs is 2. The second-order valence-corrected chi connectivity index (χ2v) is 10.9. The van der Waals surface area contributed by atoms with Crippen molar-refractivity contribution in [2.24, 2.45) is 11.8 Å². The first-order valence-corrected chi connectivity index (χ1v) is 13.1. The number of ether oxygens (including phenoxy) is 3. The van der Waals surface area contributed by atoms with Gasteiger partial charge in [-0.1, -0.05) is 69.7 Å². The van der Waals surface area contributed by atoms with Gasteiger partial charge in [-0.2, -0.15) is 0 Å². The Morgan fingerprint density at radius 3 is 2.45 bits per heavy atom. The molecule has 6 nitrogen and oxygen atoms in total. The van der Waals surface area contributed by atoms with Gasteiger partial charge >= 0.3 is 11.6 Å². The first-order chi connectivity index (χ1) is 18.2. The molecule has 1 heterocycles. The summed E-state index contributed by atoms with van der Waals surface area (Å²) in [5, 5.41) is 2.89. The zero-order chi connectivity index (χ0) is 27.0. The smallest absolute Gasteiger partial charge is 0.351 e. The number of hydrogen-bond donors (Lipinski definition) is 0. The third-order valence-electron chi connectivity index (χ3n) is 8.20. The van der Waals surface area contributed by atoms with E-state index in [2.05, 4.69) is 51.1 Å². The Labute approximate surface area is 222 Å². The van der Waals surface area contributed by atoms with Crippen LogP contribution in [0.2, 0.25) is 0 Å². The molecular weight excluding hydrogens is 480 g/mol. The van der Waals surface area contributed by atoms with Crippen molar-refractivity contribution in [3.05, 3.63) is 82.2 Å². The highest BCUT2D eigenvalue weighted by Gasteiger charge is 2.42. The van der Waals surface area contributed by atoms with Gasteiger partial charge in [0.1, 0.15) is 28.7 Å². The normalized spacial score (nSPS) is 19.9. The molecule has 3 aromatic carbocycles. The molecule has 0 spiro atoms. The fraction of sp³-hybridized carbons (Fsp3) is 0.375. The molecule has 6 heteroatoms. The molecule has 1 aliphatic carbocycles. The van der Waals surface area contributed by atoms with E-state index < -0.39 is 11.6 Å². The van der Waals surface area contributed by atoms with E-state index >= 15 is 0 Å². The van der Waals surface area contributed by atoms with E-state index in [0.29, 0.717) is 22.8 Å². The lowest BCUT2D eigenvalue weighted by molar-refractivity contribution is -0.0239. The highest BCUT2D eigenvalue weighted by Crippen LogP contribution is 2.44. The van der Waals surface area contributed by atoms with Crippen LogP contribution in [0, 0.1) is 11.8 Å². The summed E-state index contributed by atoms with van der Waals surface area (Å²) in [6, 6.07) is 19.7. The van der Waals surface area contributed by atoms with Crippen molar-refractivity contribution >= 4 is 27.7 Å². The molecule has 4 aromatic rings. The van der Waals surface area contributed by atoms with Crippen molar-refractivity contribution in [1.29, 1.82) is 0 Å². The maximum Gasteiger partial charge on any atom is 0.351 e. The summed E-state index contributed by atoms with van der Waals surface area (Å²) in [5.74, 6) is 0.769. The Morgan fingerprint density at radius 1 is 0.947 bits per heavy atom. The molecular formula is C32H34O6. The van der Waals surface area contributed by atoms with Crippen LogP contribution in [0.1, 0.15) is 56.0 Å². The minimum Gasteiger partial charge on any atom is -0.496 e. The SMILES string of the molecule is COc1cc(OC)c2cc(C(=O)O[C@H]3C[C@@H](C)CC[C@@H]3C(C)(C)c3ccc4ccccc4c3)c(=O)oc2c1. The van der Waals surface area contributed by atoms with Gasteiger partial charge < -0.3 is 18.6 Å². The van der Waals surface area contributed by atoms with Gasteiger partial charge in [0.2, 0.25) is 0 Å². The monoisotopic (exact) mass is 514 g/mol. The Kier molecular flexibility index (Phi) is 6.91. The van der Waals surface area contributed by atoms with Crippen molar-refractivity contribution < 1.29 is 23.4 Å². The minimum atomic E-state index is -0.744. The molecule has 1 fully saturated rings. The first kappa shape index (κ1) is 25.8. The van der Waals surface area contributed by atoms with Crippen LogP contribution in [0.15, 0.2) is 69.9 Å². The number of hydrogen-bond acceptors (Lipinski definition) is 6. The molecule has 38 heavy (non-hydrogen) atoms. The summed E-state index contributed by atoms with van der Waals surface area (Å²) in [5.41, 5.74) is 0.363. The molecule has 0 saturated heterocycles. The Morgan fingerprint density at radius 2 is 1.71 bits per heavy atom. The van der Waals surface area contributed by atoms with Crippen LogP contribution in [0.5, 0.6) is 11.5 Å². The average Bonchev–Trinajstić information content (AvgIpc) is 2.91. The molecule has 0 aliphatic heterocycles. The van der Waals surface area contributed by atoms with Crippen LogP contribution in [0.3, 0.4) is 0 Å². The summed E-state index contributed by atoms with van der Waals surface area (Å²) >= 11 is 0. The predicted molar refractivity (Wildman–Crippen MR) is 148 cm³/mol. The minimum absolute atomic E-state index is 0.0927. The summed E-state index contributed by atoms with van der Waals surface area (Å²) in [6.45, 7) is 6.63. The number of carbonyl (C=O) groups excluding carboxylic acids is 1. The molecule has 0 radical (unpaired) electrons. The standard InChI is InChI=1S/C32H34O6/c1-19-10-13-26(32(2,3)22-12-11-20-8-6-7-9-21(20)15-22)29(14-19)38-31(34)25-18-24-27(36-5)16-23(35-4)17-28(24)37-30(25)33/h6-9,11-12,15-19,26,29H,10,13-14H2,1-5H3/t19-,26-,29-/m0/s1. The van der Waals surface area contributed by atoms with Gasteiger partial charge in [0, 0.05) is 18.1 Å². The molecule has 0 N–H and O–H groups in total. The van der Waals surface area contributed by atoms with Crippen molar-refractivity contribution in [2.45, 2.75) is 51.6 Å². The zero-order valence-electron chi connectivity index (χ0n) is 22.6. The Balaban J connectivity index is 1.47. The van der Waals surface area contributed by atoms with Crippen LogP contribution in [0.4, 0.5) is 0 Å². The molecule has 5 rings (SSSR count). The van der Waals surface area contributed by atoms with E-state index in [9.17, 15) is 9.59 Å². The fourth-order valence-corrected chi connectivity index (χ4v) is 5.88. The molecule has 0 amide bonds. The van der Waals surface area contributed by atoms with Crippen LogP contribution in [-0.4, -0.2) is 26.3 Å². The molecule has 198 valence electrons. The van der Waals surface area contributed by atoms with Crippen LogP contribution in [0.25, 0.3) is 21.7 Å². The van der Waals surface area contributed by atoms with E-state index in [0.717, 1.165) is 19.3 Å². The second-order valence-electron chi connectivity index (χ2n) is 10.9. The molecule has 1 saturated carbocycles. The fourth-order valence-electron chi connectivity index (χ4n) is 5.88. The lowest BCUT2D eigenvalue weighted by Gasteiger charge is -2.44. The van der Waals surface area contributed by atoms with E-state index in [-0.39, 0.29) is 28.6 Å². The lowest BCUT2D eigenvalue weighted by atomic mass is 9.64.